The summed E-state index contributed by atoms with van der Waals surface area (Å²) in [5.74, 6) is 0.721. The number of aromatic nitrogens is 3. The van der Waals surface area contributed by atoms with Gasteiger partial charge in [0.25, 0.3) is 5.56 Å². The van der Waals surface area contributed by atoms with Gasteiger partial charge in [0.1, 0.15) is 23.3 Å². The molecule has 8 nitrogen and oxygen atoms in total. The van der Waals surface area contributed by atoms with E-state index in [1.54, 1.807) is 16.6 Å². The number of piperazine rings is 1. The van der Waals surface area contributed by atoms with Gasteiger partial charge in [-0.3, -0.25) is 14.2 Å². The molecule has 0 aliphatic carbocycles. The third-order valence-corrected chi connectivity index (χ3v) is 6.72. The maximum Gasteiger partial charge on any atom is 0.278 e. The predicted molar refractivity (Wildman–Crippen MR) is 137 cm³/mol. The average Bonchev–Trinajstić information content (AvgIpc) is 3.23. The zero-order valence-corrected chi connectivity index (χ0v) is 20.4. The van der Waals surface area contributed by atoms with Crippen molar-refractivity contribution in [2.75, 3.05) is 38.2 Å². The van der Waals surface area contributed by atoms with Gasteiger partial charge in [-0.05, 0) is 29.8 Å². The number of aryl methyl sites for hydroxylation is 1. The second kappa shape index (κ2) is 9.46. The number of para-hydroxylation sites is 2. The first-order chi connectivity index (χ1) is 17.0. The number of fused-ring (bicyclic) bond motifs is 1. The molecule has 0 spiro atoms. The lowest BCUT2D eigenvalue weighted by Crippen LogP contribution is -2.50. The summed E-state index contributed by atoms with van der Waals surface area (Å²) in [5.41, 5.74) is 3.63. The number of amides is 1. The van der Waals surface area contributed by atoms with Crippen LogP contribution in [0.2, 0.25) is 5.02 Å². The maximum absolute atomic E-state index is 13.3. The first kappa shape index (κ1) is 23.0. The van der Waals surface area contributed by atoms with Crippen LogP contribution in [-0.4, -0.2) is 58.2 Å². The molecule has 180 valence electrons. The van der Waals surface area contributed by atoms with Crippen molar-refractivity contribution in [3.05, 3.63) is 76.4 Å². The fraction of sp³-hybridized carbons (Fsp3) is 0.269. The molecule has 0 atom stereocenters. The third-order valence-electron chi connectivity index (χ3n) is 6.46. The fourth-order valence-corrected chi connectivity index (χ4v) is 4.73. The number of halogens is 1. The van der Waals surface area contributed by atoms with E-state index >= 15 is 0 Å². The minimum Gasteiger partial charge on any atom is -0.495 e. The van der Waals surface area contributed by atoms with E-state index in [0.29, 0.717) is 42.2 Å². The summed E-state index contributed by atoms with van der Waals surface area (Å²) < 4.78 is 8.63. The molecule has 0 unspecified atom stereocenters. The number of ether oxygens (including phenoxy) is 1. The lowest BCUT2D eigenvalue weighted by Gasteiger charge is -2.36. The molecule has 2 aromatic heterocycles. The largest absolute Gasteiger partial charge is 0.495 e. The van der Waals surface area contributed by atoms with Gasteiger partial charge < -0.3 is 19.1 Å². The molecule has 0 radical (unpaired) electrons. The zero-order chi connectivity index (χ0) is 24.5. The van der Waals surface area contributed by atoms with Gasteiger partial charge in [0, 0.05) is 50.0 Å². The van der Waals surface area contributed by atoms with Gasteiger partial charge in [-0.1, -0.05) is 35.9 Å². The Morgan fingerprint density at radius 3 is 2.49 bits per heavy atom. The minimum absolute atomic E-state index is 0.0438. The summed E-state index contributed by atoms with van der Waals surface area (Å²) in [7, 11) is 3.47. The molecule has 4 aromatic rings. The van der Waals surface area contributed by atoms with Crippen molar-refractivity contribution in [1.29, 1.82) is 0 Å². The van der Waals surface area contributed by atoms with Crippen molar-refractivity contribution in [1.82, 2.24) is 19.0 Å². The topological polar surface area (TPSA) is 72.6 Å². The lowest BCUT2D eigenvalue weighted by atomic mass is 10.1. The molecule has 1 aliphatic rings. The molecule has 9 heteroatoms. The lowest BCUT2D eigenvalue weighted by molar-refractivity contribution is -0.132. The van der Waals surface area contributed by atoms with Crippen LogP contribution in [0.15, 0.2) is 65.8 Å². The Morgan fingerprint density at radius 1 is 1.06 bits per heavy atom. The van der Waals surface area contributed by atoms with Crippen LogP contribution in [0, 0.1) is 0 Å². The molecule has 3 heterocycles. The van der Waals surface area contributed by atoms with E-state index < -0.39 is 0 Å². The highest BCUT2D eigenvalue weighted by Gasteiger charge is 2.24. The minimum atomic E-state index is -0.237. The molecule has 1 amide bonds. The number of methoxy groups -OCH3 is 1. The highest BCUT2D eigenvalue weighted by molar-refractivity contribution is 6.30. The second-order valence-electron chi connectivity index (χ2n) is 8.58. The van der Waals surface area contributed by atoms with Gasteiger partial charge in [-0.25, -0.2) is 4.98 Å². The van der Waals surface area contributed by atoms with E-state index in [4.69, 9.17) is 16.3 Å². The Balaban J connectivity index is 1.32. The summed E-state index contributed by atoms with van der Waals surface area (Å²) in [6, 6.07) is 15.3. The number of carbonyl (C=O) groups excluding carboxylic acids is 1. The molecular weight excluding hydrogens is 466 g/mol. The molecule has 0 N–H and O–H groups in total. The van der Waals surface area contributed by atoms with Crippen LogP contribution >= 0.6 is 11.6 Å². The smallest absolute Gasteiger partial charge is 0.278 e. The molecule has 1 fully saturated rings. The van der Waals surface area contributed by atoms with Gasteiger partial charge in [0.05, 0.1) is 19.1 Å². The van der Waals surface area contributed by atoms with Gasteiger partial charge in [0.15, 0.2) is 0 Å². The normalized spacial score (nSPS) is 13.9. The molecule has 35 heavy (non-hydrogen) atoms. The van der Waals surface area contributed by atoms with Gasteiger partial charge in [-0.15, -0.1) is 0 Å². The Morgan fingerprint density at radius 2 is 1.77 bits per heavy atom. The number of rotatable bonds is 5. The van der Waals surface area contributed by atoms with Crippen LogP contribution in [0.3, 0.4) is 0 Å². The SMILES string of the molecule is COc1ccccc1N1CCN(C(=O)Cn2cnc3c(-c4ccc(Cl)cc4)cn(C)c3c2=O)CC1. The number of hydrogen-bond donors (Lipinski definition) is 0. The van der Waals surface area contributed by atoms with E-state index in [2.05, 4.69) is 9.88 Å². The standard InChI is InChI=1S/C26H26ClN5O3/c1-29-15-20(18-7-9-19(27)10-8-18)24-25(29)26(34)32(17-28-24)16-23(33)31-13-11-30(12-14-31)21-5-3-4-6-22(21)35-2/h3-10,15,17H,11-14,16H2,1-2H3. The van der Waals surface area contributed by atoms with Crippen molar-refractivity contribution in [3.8, 4) is 16.9 Å². The summed E-state index contributed by atoms with van der Waals surface area (Å²) in [6.45, 7) is 2.50. The summed E-state index contributed by atoms with van der Waals surface area (Å²) in [6.07, 6.45) is 3.35. The monoisotopic (exact) mass is 491 g/mol. The Hall–Kier alpha value is -3.78. The summed E-state index contributed by atoms with van der Waals surface area (Å²) in [4.78, 5) is 34.9. The van der Waals surface area contributed by atoms with E-state index in [-0.39, 0.29) is 18.0 Å². The molecule has 1 saturated heterocycles. The predicted octanol–water partition coefficient (Wildman–Crippen LogP) is 3.41. The zero-order valence-electron chi connectivity index (χ0n) is 19.6. The Labute approximate surface area is 207 Å². The number of anilines is 1. The highest BCUT2D eigenvalue weighted by atomic mass is 35.5. The van der Waals surface area contributed by atoms with Crippen LogP contribution < -0.4 is 15.2 Å². The van der Waals surface area contributed by atoms with Crippen LogP contribution in [0.25, 0.3) is 22.2 Å². The fourth-order valence-electron chi connectivity index (χ4n) is 4.60. The van der Waals surface area contributed by atoms with Crippen LogP contribution in [0.4, 0.5) is 5.69 Å². The van der Waals surface area contributed by atoms with E-state index in [0.717, 1.165) is 22.6 Å². The van der Waals surface area contributed by atoms with Crippen molar-refractivity contribution in [2.24, 2.45) is 7.05 Å². The van der Waals surface area contributed by atoms with Crippen molar-refractivity contribution >= 4 is 34.2 Å². The summed E-state index contributed by atoms with van der Waals surface area (Å²) in [5, 5.41) is 0.645. The summed E-state index contributed by atoms with van der Waals surface area (Å²) >= 11 is 6.02. The molecule has 5 rings (SSSR count). The van der Waals surface area contributed by atoms with Crippen LogP contribution in [0.1, 0.15) is 0 Å². The first-order valence-corrected chi connectivity index (χ1v) is 11.8. The van der Waals surface area contributed by atoms with Crippen molar-refractivity contribution in [2.45, 2.75) is 6.54 Å². The van der Waals surface area contributed by atoms with Gasteiger partial charge in [0.2, 0.25) is 5.91 Å². The van der Waals surface area contributed by atoms with Gasteiger partial charge in [-0.2, -0.15) is 0 Å². The highest BCUT2D eigenvalue weighted by Crippen LogP contribution is 2.29. The second-order valence-corrected chi connectivity index (χ2v) is 9.01. The quantitative estimate of drug-likeness (QED) is 0.428. The van der Waals surface area contributed by atoms with Crippen LogP contribution in [-0.2, 0) is 18.4 Å². The molecule has 0 saturated carbocycles. The van der Waals surface area contributed by atoms with Gasteiger partial charge >= 0.3 is 0 Å². The maximum atomic E-state index is 13.3. The number of hydrogen-bond acceptors (Lipinski definition) is 5. The molecule has 1 aliphatic heterocycles. The molecule has 2 aromatic carbocycles. The van der Waals surface area contributed by atoms with Crippen molar-refractivity contribution < 1.29 is 9.53 Å². The van der Waals surface area contributed by atoms with Crippen molar-refractivity contribution in [3.63, 3.8) is 0 Å². The first-order valence-electron chi connectivity index (χ1n) is 11.4. The molecular formula is C26H26ClN5O3. The Kier molecular flexibility index (Phi) is 6.21. The Bertz CT molecular complexity index is 1440. The van der Waals surface area contributed by atoms with Crippen LogP contribution in [0.5, 0.6) is 5.75 Å². The third kappa shape index (κ3) is 4.37. The molecule has 0 bridgehead atoms. The van der Waals surface area contributed by atoms with E-state index in [1.807, 2.05) is 61.8 Å². The number of nitrogens with zero attached hydrogens (tertiary/aromatic N) is 5. The average molecular weight is 492 g/mol. The number of benzene rings is 2. The number of carbonyl (C=O) groups is 1. The van der Waals surface area contributed by atoms with E-state index in [9.17, 15) is 9.59 Å². The van der Waals surface area contributed by atoms with E-state index in [1.165, 1.54) is 10.9 Å².